The molecule has 0 spiro atoms. The molecule has 1 aromatic rings. The Labute approximate surface area is 117 Å². The number of ether oxygens (including phenoxy) is 2. The van der Waals surface area contributed by atoms with Gasteiger partial charge < -0.3 is 14.8 Å². The highest BCUT2D eigenvalue weighted by atomic mass is 16.6. The number of anilines is 1. The van der Waals surface area contributed by atoms with Crippen molar-refractivity contribution in [3.63, 3.8) is 0 Å². The quantitative estimate of drug-likeness (QED) is 0.781. The molecule has 0 aromatic carbocycles. The van der Waals surface area contributed by atoms with Crippen LogP contribution in [0.5, 0.6) is 0 Å². The molecule has 0 radical (unpaired) electrons. The fourth-order valence-electron chi connectivity index (χ4n) is 1.51. The van der Waals surface area contributed by atoms with Gasteiger partial charge in [-0.3, -0.25) is 9.69 Å². The van der Waals surface area contributed by atoms with Gasteiger partial charge in [0, 0.05) is 18.8 Å². The summed E-state index contributed by atoms with van der Waals surface area (Å²) >= 11 is 0. The van der Waals surface area contributed by atoms with Crippen molar-refractivity contribution >= 4 is 17.9 Å². The van der Waals surface area contributed by atoms with Crippen molar-refractivity contribution in [2.75, 3.05) is 32.1 Å². The summed E-state index contributed by atoms with van der Waals surface area (Å²) in [5.41, 5.74) is 0.632. The fourth-order valence-corrected chi connectivity index (χ4v) is 1.51. The van der Waals surface area contributed by atoms with Gasteiger partial charge in [0.15, 0.2) is 0 Å². The highest BCUT2D eigenvalue weighted by molar-refractivity contribution is 5.86. The van der Waals surface area contributed by atoms with E-state index in [1.54, 1.807) is 39.3 Å². The Hall–Kier alpha value is -2.15. The van der Waals surface area contributed by atoms with E-state index in [0.717, 1.165) is 0 Å². The molecule has 0 aliphatic heterocycles. The van der Waals surface area contributed by atoms with E-state index in [4.69, 9.17) is 9.47 Å². The van der Waals surface area contributed by atoms with Gasteiger partial charge in [0.25, 0.3) is 0 Å². The molecule has 1 rings (SSSR count). The van der Waals surface area contributed by atoms with Gasteiger partial charge >= 0.3 is 12.1 Å². The zero-order valence-electron chi connectivity index (χ0n) is 11.9. The van der Waals surface area contributed by atoms with E-state index in [2.05, 4.69) is 10.3 Å². The predicted molar refractivity (Wildman–Crippen MR) is 73.4 cm³/mol. The van der Waals surface area contributed by atoms with Gasteiger partial charge in [-0.15, -0.1) is 0 Å². The molecule has 110 valence electrons. The van der Waals surface area contributed by atoms with Crippen molar-refractivity contribution in [3.05, 3.63) is 23.9 Å². The monoisotopic (exact) mass is 281 g/mol. The van der Waals surface area contributed by atoms with E-state index in [9.17, 15) is 9.59 Å². The molecule has 0 fully saturated rings. The molecule has 0 aliphatic carbocycles. The average molecular weight is 281 g/mol. The third-order valence-corrected chi connectivity index (χ3v) is 2.44. The number of nitrogens with one attached hydrogen (secondary N) is 1. The normalized spacial score (nSPS) is 9.95. The van der Waals surface area contributed by atoms with Gasteiger partial charge in [0.05, 0.1) is 13.2 Å². The first-order chi connectivity index (χ1) is 9.60. The Kier molecular flexibility index (Phi) is 6.45. The first kappa shape index (κ1) is 15.9. The van der Waals surface area contributed by atoms with Gasteiger partial charge in [0.1, 0.15) is 12.4 Å². The van der Waals surface area contributed by atoms with E-state index in [1.807, 2.05) is 0 Å². The molecule has 0 aliphatic rings. The van der Waals surface area contributed by atoms with Crippen LogP contribution >= 0.6 is 0 Å². The van der Waals surface area contributed by atoms with Crippen LogP contribution in [-0.4, -0.2) is 44.3 Å². The minimum absolute atomic E-state index is 0.0490. The minimum atomic E-state index is -0.506. The van der Waals surface area contributed by atoms with Crippen molar-refractivity contribution in [2.24, 2.45) is 0 Å². The molecule has 7 nitrogen and oxygen atoms in total. The van der Waals surface area contributed by atoms with Crippen LogP contribution in [0.2, 0.25) is 0 Å². The number of amides is 1. The van der Waals surface area contributed by atoms with Crippen molar-refractivity contribution < 1.29 is 19.1 Å². The van der Waals surface area contributed by atoms with Crippen molar-refractivity contribution in [1.82, 2.24) is 10.3 Å². The van der Waals surface area contributed by atoms with Crippen LogP contribution in [0.15, 0.2) is 18.3 Å². The summed E-state index contributed by atoms with van der Waals surface area (Å²) in [5.74, 6) is 0.0318. The van der Waals surface area contributed by atoms with Gasteiger partial charge in [0.2, 0.25) is 0 Å². The number of carbonyl (C=O) groups is 2. The van der Waals surface area contributed by atoms with E-state index in [1.165, 1.54) is 4.90 Å². The van der Waals surface area contributed by atoms with Crippen LogP contribution < -0.4 is 10.2 Å². The average Bonchev–Trinajstić information content (AvgIpc) is 2.45. The molecule has 1 aromatic heterocycles. The number of nitrogens with zero attached hydrogens (tertiary/aromatic N) is 2. The second-order valence-corrected chi connectivity index (χ2v) is 3.94. The van der Waals surface area contributed by atoms with E-state index in [-0.39, 0.29) is 25.7 Å². The Morgan fingerprint density at radius 1 is 1.40 bits per heavy atom. The van der Waals surface area contributed by atoms with Crippen LogP contribution in [-0.2, 0) is 20.9 Å². The van der Waals surface area contributed by atoms with Gasteiger partial charge in [-0.25, -0.2) is 9.78 Å². The molecule has 0 bridgehead atoms. The maximum absolute atomic E-state index is 11.7. The zero-order chi connectivity index (χ0) is 15.0. The maximum Gasteiger partial charge on any atom is 0.415 e. The summed E-state index contributed by atoms with van der Waals surface area (Å²) in [4.78, 5) is 28.4. The molecular weight excluding hydrogens is 262 g/mol. The van der Waals surface area contributed by atoms with E-state index >= 15 is 0 Å². The topological polar surface area (TPSA) is 80.8 Å². The Bertz CT molecular complexity index is 465. The lowest BCUT2D eigenvalue weighted by molar-refractivity contribution is -0.143. The SMILES string of the molecule is CCOC(=O)N(C)c1ncccc1COC(=O)CNC. The Balaban J connectivity index is 2.77. The number of hydrogen-bond acceptors (Lipinski definition) is 6. The summed E-state index contributed by atoms with van der Waals surface area (Å²) < 4.78 is 9.99. The number of hydrogen-bond donors (Lipinski definition) is 1. The third-order valence-electron chi connectivity index (χ3n) is 2.44. The molecule has 1 amide bonds. The molecule has 7 heteroatoms. The molecule has 1 N–H and O–H groups in total. The molecule has 1 heterocycles. The van der Waals surface area contributed by atoms with Gasteiger partial charge in [-0.1, -0.05) is 6.07 Å². The predicted octanol–water partition coefficient (Wildman–Crippen LogP) is 0.937. The van der Waals surface area contributed by atoms with Crippen LogP contribution in [0.4, 0.5) is 10.6 Å². The number of rotatable bonds is 6. The summed E-state index contributed by atoms with van der Waals surface area (Å²) in [5, 5.41) is 2.70. The smallest absolute Gasteiger partial charge is 0.415 e. The van der Waals surface area contributed by atoms with Crippen molar-refractivity contribution in [1.29, 1.82) is 0 Å². The second-order valence-electron chi connectivity index (χ2n) is 3.94. The highest BCUT2D eigenvalue weighted by Crippen LogP contribution is 2.17. The third kappa shape index (κ3) is 4.51. The van der Waals surface area contributed by atoms with Crippen LogP contribution in [0, 0.1) is 0 Å². The molecule has 0 saturated heterocycles. The fraction of sp³-hybridized carbons (Fsp3) is 0.462. The van der Waals surface area contributed by atoms with Crippen LogP contribution in [0.3, 0.4) is 0 Å². The van der Waals surface area contributed by atoms with E-state index in [0.29, 0.717) is 11.4 Å². The van der Waals surface area contributed by atoms with Gasteiger partial charge in [-0.2, -0.15) is 0 Å². The number of pyridine rings is 1. The van der Waals surface area contributed by atoms with Gasteiger partial charge in [-0.05, 0) is 20.0 Å². The lowest BCUT2D eigenvalue weighted by Gasteiger charge is -2.18. The largest absolute Gasteiger partial charge is 0.460 e. The number of esters is 1. The number of likely N-dealkylation sites (N-methyl/N-ethyl adjacent to an activating group) is 1. The molecular formula is C13H19N3O4. The number of aromatic nitrogens is 1. The lowest BCUT2D eigenvalue weighted by atomic mass is 10.2. The first-order valence-electron chi connectivity index (χ1n) is 6.24. The highest BCUT2D eigenvalue weighted by Gasteiger charge is 2.17. The van der Waals surface area contributed by atoms with Crippen molar-refractivity contribution in [2.45, 2.75) is 13.5 Å². The summed E-state index contributed by atoms with van der Waals surface area (Å²) in [6, 6.07) is 3.45. The standard InChI is InChI=1S/C13H19N3O4/c1-4-19-13(18)16(3)12-10(6-5-7-15-12)9-20-11(17)8-14-2/h5-7,14H,4,8-9H2,1-3H3. The number of carbonyl (C=O) groups excluding carboxylic acids is 2. The lowest BCUT2D eigenvalue weighted by Crippen LogP contribution is -2.29. The van der Waals surface area contributed by atoms with Crippen LogP contribution in [0.1, 0.15) is 12.5 Å². The molecule has 0 unspecified atom stereocenters. The Morgan fingerprint density at radius 3 is 2.80 bits per heavy atom. The molecule has 20 heavy (non-hydrogen) atoms. The Morgan fingerprint density at radius 2 is 2.15 bits per heavy atom. The molecule has 0 atom stereocenters. The maximum atomic E-state index is 11.7. The van der Waals surface area contributed by atoms with E-state index < -0.39 is 6.09 Å². The zero-order valence-corrected chi connectivity index (χ0v) is 11.9. The summed E-state index contributed by atoms with van der Waals surface area (Å²) in [6.07, 6.45) is 1.05. The summed E-state index contributed by atoms with van der Waals surface area (Å²) in [6.45, 7) is 2.18. The minimum Gasteiger partial charge on any atom is -0.460 e. The van der Waals surface area contributed by atoms with Crippen LogP contribution in [0.25, 0.3) is 0 Å². The summed E-state index contributed by atoms with van der Waals surface area (Å²) in [7, 11) is 3.21. The van der Waals surface area contributed by atoms with Crippen molar-refractivity contribution in [3.8, 4) is 0 Å². The first-order valence-corrected chi connectivity index (χ1v) is 6.24. The second kappa shape index (κ2) is 8.11. The molecule has 0 saturated carbocycles.